The summed E-state index contributed by atoms with van der Waals surface area (Å²) in [7, 11) is 0. The molecule has 1 aromatic heterocycles. The Morgan fingerprint density at radius 3 is 2.78 bits per heavy atom. The SMILES string of the molecule is CCCn1nncc1C(C)(O)c1ccccc1Br. The summed E-state index contributed by atoms with van der Waals surface area (Å²) in [5, 5.41) is 18.7. The van der Waals surface area contributed by atoms with Crippen molar-refractivity contribution >= 4 is 15.9 Å². The van der Waals surface area contributed by atoms with Crippen molar-refractivity contribution in [2.75, 3.05) is 0 Å². The second-order valence-electron chi connectivity index (χ2n) is 4.39. The van der Waals surface area contributed by atoms with Crippen molar-refractivity contribution in [3.05, 3.63) is 46.2 Å². The lowest BCUT2D eigenvalue weighted by Crippen LogP contribution is -2.27. The normalized spacial score (nSPS) is 14.4. The predicted octanol–water partition coefficient (Wildman–Crippen LogP) is 2.71. The van der Waals surface area contributed by atoms with Crippen LogP contribution in [-0.2, 0) is 12.1 Å². The third-order valence-electron chi connectivity index (χ3n) is 2.95. The fraction of sp³-hybridized carbons (Fsp3) is 0.385. The molecular weight excluding hydrogens is 294 g/mol. The van der Waals surface area contributed by atoms with E-state index in [9.17, 15) is 5.11 Å². The molecule has 1 aromatic carbocycles. The minimum atomic E-state index is -1.11. The summed E-state index contributed by atoms with van der Waals surface area (Å²) in [4.78, 5) is 0. The van der Waals surface area contributed by atoms with Gasteiger partial charge in [0.2, 0.25) is 0 Å². The summed E-state index contributed by atoms with van der Waals surface area (Å²) in [6.45, 7) is 4.58. The van der Waals surface area contributed by atoms with Crippen molar-refractivity contribution in [1.82, 2.24) is 15.0 Å². The van der Waals surface area contributed by atoms with Crippen LogP contribution in [0.2, 0.25) is 0 Å². The Bertz CT molecular complexity index is 537. The van der Waals surface area contributed by atoms with Crippen molar-refractivity contribution in [2.45, 2.75) is 32.4 Å². The van der Waals surface area contributed by atoms with E-state index in [1.165, 1.54) is 0 Å². The van der Waals surface area contributed by atoms with Gasteiger partial charge in [-0.15, -0.1) is 5.10 Å². The molecule has 1 N–H and O–H groups in total. The number of aliphatic hydroxyl groups is 1. The largest absolute Gasteiger partial charge is 0.379 e. The molecule has 0 amide bonds. The summed E-state index contributed by atoms with van der Waals surface area (Å²) in [6, 6.07) is 7.64. The highest BCUT2D eigenvalue weighted by Gasteiger charge is 2.31. The van der Waals surface area contributed by atoms with Crippen LogP contribution in [0.15, 0.2) is 34.9 Å². The molecule has 0 bridgehead atoms. The molecule has 0 saturated carbocycles. The average molecular weight is 310 g/mol. The van der Waals surface area contributed by atoms with Gasteiger partial charge >= 0.3 is 0 Å². The number of aryl methyl sites for hydroxylation is 1. The molecular formula is C13H16BrN3O. The van der Waals surface area contributed by atoms with E-state index in [0.29, 0.717) is 5.69 Å². The van der Waals surface area contributed by atoms with Gasteiger partial charge in [-0.25, -0.2) is 4.68 Å². The number of aromatic nitrogens is 3. The van der Waals surface area contributed by atoms with Gasteiger partial charge in [-0.2, -0.15) is 0 Å². The highest BCUT2D eigenvalue weighted by atomic mass is 79.9. The topological polar surface area (TPSA) is 50.9 Å². The van der Waals surface area contributed by atoms with Gasteiger partial charge in [0.25, 0.3) is 0 Å². The zero-order valence-corrected chi connectivity index (χ0v) is 12.1. The Morgan fingerprint density at radius 1 is 1.39 bits per heavy atom. The molecule has 0 radical (unpaired) electrons. The standard InChI is InChI=1S/C13H16BrN3O/c1-3-8-17-12(9-15-16-17)13(2,18)10-6-4-5-7-11(10)14/h4-7,9,18H,3,8H2,1-2H3. The highest BCUT2D eigenvalue weighted by Crippen LogP contribution is 2.33. The van der Waals surface area contributed by atoms with Crippen LogP contribution in [0.4, 0.5) is 0 Å². The monoisotopic (exact) mass is 309 g/mol. The number of halogens is 1. The number of hydrogen-bond acceptors (Lipinski definition) is 3. The number of benzene rings is 1. The number of nitrogens with zero attached hydrogens (tertiary/aromatic N) is 3. The molecule has 0 saturated heterocycles. The predicted molar refractivity (Wildman–Crippen MR) is 73.1 cm³/mol. The zero-order chi connectivity index (χ0) is 13.2. The van der Waals surface area contributed by atoms with Gasteiger partial charge < -0.3 is 5.11 Å². The molecule has 0 spiro atoms. The van der Waals surface area contributed by atoms with E-state index in [4.69, 9.17) is 0 Å². The van der Waals surface area contributed by atoms with Gasteiger partial charge in [-0.05, 0) is 19.4 Å². The van der Waals surface area contributed by atoms with Crippen LogP contribution in [-0.4, -0.2) is 20.1 Å². The molecule has 0 aliphatic carbocycles. The highest BCUT2D eigenvalue weighted by molar-refractivity contribution is 9.10. The van der Waals surface area contributed by atoms with Crippen molar-refractivity contribution in [1.29, 1.82) is 0 Å². The average Bonchev–Trinajstić information content (AvgIpc) is 2.79. The fourth-order valence-corrected chi connectivity index (χ4v) is 2.68. The Balaban J connectivity index is 2.47. The summed E-state index contributed by atoms with van der Waals surface area (Å²) >= 11 is 3.47. The van der Waals surface area contributed by atoms with E-state index in [-0.39, 0.29) is 0 Å². The van der Waals surface area contributed by atoms with Crippen molar-refractivity contribution in [3.8, 4) is 0 Å². The van der Waals surface area contributed by atoms with E-state index >= 15 is 0 Å². The molecule has 1 heterocycles. The lowest BCUT2D eigenvalue weighted by atomic mass is 9.93. The van der Waals surface area contributed by atoms with Crippen LogP contribution in [0.25, 0.3) is 0 Å². The Labute approximate surface area is 115 Å². The summed E-state index contributed by atoms with van der Waals surface area (Å²) in [5.74, 6) is 0. The molecule has 1 unspecified atom stereocenters. The number of hydrogen-bond donors (Lipinski definition) is 1. The van der Waals surface area contributed by atoms with Gasteiger partial charge in [-0.3, -0.25) is 0 Å². The lowest BCUT2D eigenvalue weighted by molar-refractivity contribution is 0.0906. The Morgan fingerprint density at radius 2 is 2.11 bits per heavy atom. The van der Waals surface area contributed by atoms with Crippen LogP contribution >= 0.6 is 15.9 Å². The van der Waals surface area contributed by atoms with Crippen molar-refractivity contribution in [2.24, 2.45) is 0 Å². The van der Waals surface area contributed by atoms with Crippen LogP contribution < -0.4 is 0 Å². The molecule has 18 heavy (non-hydrogen) atoms. The van der Waals surface area contributed by atoms with E-state index in [0.717, 1.165) is 23.0 Å². The first-order valence-electron chi connectivity index (χ1n) is 5.93. The second-order valence-corrected chi connectivity index (χ2v) is 5.25. The first-order valence-corrected chi connectivity index (χ1v) is 6.73. The fourth-order valence-electron chi connectivity index (χ4n) is 2.01. The maximum absolute atomic E-state index is 10.8. The smallest absolute Gasteiger partial charge is 0.131 e. The Kier molecular flexibility index (Phi) is 3.82. The molecule has 0 aliphatic rings. The zero-order valence-electron chi connectivity index (χ0n) is 10.5. The van der Waals surface area contributed by atoms with E-state index in [1.807, 2.05) is 24.3 Å². The van der Waals surface area contributed by atoms with E-state index in [2.05, 4.69) is 33.2 Å². The molecule has 2 aromatic rings. The Hall–Kier alpha value is -1.20. The lowest BCUT2D eigenvalue weighted by Gasteiger charge is -2.25. The van der Waals surface area contributed by atoms with Gasteiger partial charge in [0.15, 0.2) is 0 Å². The first-order chi connectivity index (χ1) is 8.57. The third kappa shape index (κ3) is 2.33. The van der Waals surface area contributed by atoms with Gasteiger partial charge in [-0.1, -0.05) is 46.3 Å². The van der Waals surface area contributed by atoms with Gasteiger partial charge in [0.05, 0.1) is 11.9 Å². The summed E-state index contributed by atoms with van der Waals surface area (Å²) in [6.07, 6.45) is 2.57. The van der Waals surface area contributed by atoms with Crippen LogP contribution in [0, 0.1) is 0 Å². The molecule has 5 heteroatoms. The molecule has 96 valence electrons. The van der Waals surface area contributed by atoms with E-state index in [1.54, 1.807) is 17.8 Å². The molecule has 0 aliphatic heterocycles. The summed E-state index contributed by atoms with van der Waals surface area (Å²) < 4.78 is 2.62. The van der Waals surface area contributed by atoms with Gasteiger partial charge in [0.1, 0.15) is 5.60 Å². The maximum Gasteiger partial charge on any atom is 0.131 e. The minimum Gasteiger partial charge on any atom is -0.379 e. The van der Waals surface area contributed by atoms with Crippen LogP contribution in [0.3, 0.4) is 0 Å². The molecule has 0 fully saturated rings. The van der Waals surface area contributed by atoms with Crippen molar-refractivity contribution in [3.63, 3.8) is 0 Å². The first kappa shape index (κ1) is 13.2. The number of rotatable bonds is 4. The van der Waals surface area contributed by atoms with Gasteiger partial charge in [0, 0.05) is 16.6 Å². The maximum atomic E-state index is 10.8. The minimum absolute atomic E-state index is 0.705. The van der Waals surface area contributed by atoms with Crippen molar-refractivity contribution < 1.29 is 5.11 Å². The summed E-state index contributed by atoms with van der Waals surface area (Å²) in [5.41, 5.74) is 0.402. The molecule has 1 atom stereocenters. The van der Waals surface area contributed by atoms with Crippen LogP contribution in [0.5, 0.6) is 0 Å². The second kappa shape index (κ2) is 5.20. The third-order valence-corrected chi connectivity index (χ3v) is 3.64. The van der Waals surface area contributed by atoms with Crippen LogP contribution in [0.1, 0.15) is 31.5 Å². The molecule has 2 rings (SSSR count). The van der Waals surface area contributed by atoms with E-state index < -0.39 is 5.60 Å². The molecule has 4 nitrogen and oxygen atoms in total. The quantitative estimate of drug-likeness (QED) is 0.944.